The Bertz CT molecular complexity index is 162. The highest BCUT2D eigenvalue weighted by molar-refractivity contribution is 5.03. The zero-order valence-electron chi connectivity index (χ0n) is 8.40. The first-order valence-electron chi connectivity index (χ1n) is 5.54. The molecule has 2 saturated heterocycles. The number of rotatable bonds is 2. The Morgan fingerprint density at radius 1 is 1.42 bits per heavy atom. The van der Waals surface area contributed by atoms with Crippen LogP contribution in [-0.2, 0) is 0 Å². The molecule has 0 aromatic carbocycles. The van der Waals surface area contributed by atoms with Crippen molar-refractivity contribution in [2.75, 3.05) is 0 Å². The minimum absolute atomic E-state index is 0.553. The zero-order valence-corrected chi connectivity index (χ0v) is 8.40. The van der Waals surface area contributed by atoms with E-state index in [1.807, 2.05) is 0 Å². The van der Waals surface area contributed by atoms with Gasteiger partial charge in [-0.15, -0.1) is 0 Å². The molecule has 70 valence electrons. The molecule has 1 N–H and O–H groups in total. The molecular weight excluding hydrogens is 146 g/mol. The van der Waals surface area contributed by atoms with Gasteiger partial charge in [-0.25, -0.2) is 0 Å². The molecule has 0 radical (unpaired) electrons. The number of fused-ring (bicyclic) bond motifs is 2. The van der Waals surface area contributed by atoms with Gasteiger partial charge in [-0.3, -0.25) is 0 Å². The summed E-state index contributed by atoms with van der Waals surface area (Å²) in [6.07, 6.45) is 8.52. The van der Waals surface area contributed by atoms with E-state index in [1.165, 1.54) is 38.5 Å². The van der Waals surface area contributed by atoms with Gasteiger partial charge < -0.3 is 5.32 Å². The maximum atomic E-state index is 3.85. The molecular formula is C11H21N. The van der Waals surface area contributed by atoms with Crippen LogP contribution in [0.15, 0.2) is 0 Å². The summed E-state index contributed by atoms with van der Waals surface area (Å²) in [6, 6.07) is 0.868. The summed E-state index contributed by atoms with van der Waals surface area (Å²) in [7, 11) is 0. The molecule has 0 aromatic rings. The highest BCUT2D eigenvalue weighted by Crippen LogP contribution is 2.41. The third-order valence-corrected chi connectivity index (χ3v) is 4.16. The third kappa shape index (κ3) is 1.19. The van der Waals surface area contributed by atoms with Gasteiger partial charge in [-0.1, -0.05) is 26.7 Å². The first-order valence-corrected chi connectivity index (χ1v) is 5.54. The van der Waals surface area contributed by atoms with Crippen molar-refractivity contribution < 1.29 is 0 Å². The number of hydrogen-bond acceptors (Lipinski definition) is 1. The van der Waals surface area contributed by atoms with E-state index in [-0.39, 0.29) is 0 Å². The largest absolute Gasteiger partial charge is 0.308 e. The van der Waals surface area contributed by atoms with Crippen LogP contribution >= 0.6 is 0 Å². The number of piperidine rings is 1. The van der Waals surface area contributed by atoms with Crippen molar-refractivity contribution in [1.29, 1.82) is 0 Å². The molecule has 2 aliphatic heterocycles. The van der Waals surface area contributed by atoms with Crippen molar-refractivity contribution in [3.8, 4) is 0 Å². The van der Waals surface area contributed by atoms with Crippen molar-refractivity contribution in [1.82, 2.24) is 5.32 Å². The Kier molecular flexibility index (Phi) is 2.16. The molecule has 3 atom stereocenters. The molecule has 3 unspecified atom stereocenters. The predicted molar refractivity (Wildman–Crippen MR) is 52.2 cm³/mol. The van der Waals surface area contributed by atoms with Gasteiger partial charge in [0.15, 0.2) is 0 Å². The van der Waals surface area contributed by atoms with E-state index in [1.54, 1.807) is 0 Å². The Hall–Kier alpha value is -0.0400. The van der Waals surface area contributed by atoms with E-state index in [2.05, 4.69) is 19.2 Å². The van der Waals surface area contributed by atoms with Gasteiger partial charge in [0.05, 0.1) is 0 Å². The smallest absolute Gasteiger partial charge is 0.0210 e. The van der Waals surface area contributed by atoms with Crippen LogP contribution in [-0.4, -0.2) is 11.6 Å². The van der Waals surface area contributed by atoms with Crippen LogP contribution in [0.4, 0.5) is 0 Å². The van der Waals surface area contributed by atoms with Crippen molar-refractivity contribution >= 4 is 0 Å². The lowest BCUT2D eigenvalue weighted by molar-refractivity contribution is 0.188. The Balaban J connectivity index is 2.09. The van der Waals surface area contributed by atoms with Crippen molar-refractivity contribution in [2.45, 2.75) is 64.0 Å². The molecule has 0 aromatic heterocycles. The van der Waals surface area contributed by atoms with Gasteiger partial charge in [-0.05, 0) is 31.6 Å². The van der Waals surface area contributed by atoms with E-state index in [0.717, 1.165) is 12.0 Å². The molecule has 0 saturated carbocycles. The fraction of sp³-hybridized carbons (Fsp3) is 1.00. The fourth-order valence-corrected chi connectivity index (χ4v) is 3.09. The van der Waals surface area contributed by atoms with Crippen molar-refractivity contribution in [3.63, 3.8) is 0 Å². The standard InChI is InChI=1S/C11H21N/c1-3-9(2)11-7-4-5-10(12-11)6-8-11/h9-10,12H,3-8H2,1-2H3. The van der Waals surface area contributed by atoms with Gasteiger partial charge in [0, 0.05) is 11.6 Å². The van der Waals surface area contributed by atoms with E-state index >= 15 is 0 Å². The lowest BCUT2D eigenvalue weighted by Gasteiger charge is -2.39. The van der Waals surface area contributed by atoms with Crippen LogP contribution in [0.1, 0.15) is 52.4 Å². The van der Waals surface area contributed by atoms with Crippen LogP contribution < -0.4 is 5.32 Å². The van der Waals surface area contributed by atoms with Crippen molar-refractivity contribution in [3.05, 3.63) is 0 Å². The molecule has 0 amide bonds. The molecule has 0 spiro atoms. The van der Waals surface area contributed by atoms with Crippen molar-refractivity contribution in [2.24, 2.45) is 5.92 Å². The molecule has 1 nitrogen and oxygen atoms in total. The van der Waals surface area contributed by atoms with E-state index < -0.39 is 0 Å². The predicted octanol–water partition coefficient (Wildman–Crippen LogP) is 2.71. The van der Waals surface area contributed by atoms with Gasteiger partial charge in [0.1, 0.15) is 0 Å². The second-order valence-electron chi connectivity index (χ2n) is 4.74. The SMILES string of the molecule is CCC(C)C12CCCC(CC1)N2. The third-order valence-electron chi connectivity index (χ3n) is 4.16. The molecule has 0 aliphatic carbocycles. The molecule has 12 heavy (non-hydrogen) atoms. The maximum Gasteiger partial charge on any atom is 0.0210 e. The first-order chi connectivity index (χ1) is 5.77. The lowest BCUT2D eigenvalue weighted by Crippen LogP contribution is -2.50. The topological polar surface area (TPSA) is 12.0 Å². The van der Waals surface area contributed by atoms with Gasteiger partial charge in [0.2, 0.25) is 0 Å². The Labute approximate surface area is 75.9 Å². The summed E-state index contributed by atoms with van der Waals surface area (Å²) >= 11 is 0. The lowest BCUT2D eigenvalue weighted by atomic mass is 9.78. The van der Waals surface area contributed by atoms with Crippen LogP contribution in [0.3, 0.4) is 0 Å². The molecule has 1 heteroatoms. The van der Waals surface area contributed by atoms with Crippen LogP contribution in [0.2, 0.25) is 0 Å². The summed E-state index contributed by atoms with van der Waals surface area (Å²) in [6.45, 7) is 4.74. The monoisotopic (exact) mass is 167 g/mol. The molecule has 2 heterocycles. The van der Waals surface area contributed by atoms with Crippen LogP contribution in [0.5, 0.6) is 0 Å². The molecule has 2 aliphatic rings. The highest BCUT2D eigenvalue weighted by atomic mass is 15.1. The molecule has 2 fully saturated rings. The van der Waals surface area contributed by atoms with E-state index in [0.29, 0.717) is 5.54 Å². The second-order valence-corrected chi connectivity index (χ2v) is 4.74. The summed E-state index contributed by atoms with van der Waals surface area (Å²) < 4.78 is 0. The van der Waals surface area contributed by atoms with Gasteiger partial charge in [-0.2, -0.15) is 0 Å². The zero-order chi connectivity index (χ0) is 8.60. The first kappa shape index (κ1) is 8.55. The highest BCUT2D eigenvalue weighted by Gasteiger charge is 2.43. The normalized spacial score (nSPS) is 43.0. The van der Waals surface area contributed by atoms with Crippen LogP contribution in [0, 0.1) is 5.92 Å². The molecule has 2 bridgehead atoms. The number of hydrogen-bond donors (Lipinski definition) is 1. The summed E-state index contributed by atoms with van der Waals surface area (Å²) in [4.78, 5) is 0. The second kappa shape index (κ2) is 3.02. The van der Waals surface area contributed by atoms with E-state index in [4.69, 9.17) is 0 Å². The average Bonchev–Trinajstić information content (AvgIpc) is 2.42. The Morgan fingerprint density at radius 3 is 3.00 bits per heavy atom. The van der Waals surface area contributed by atoms with Gasteiger partial charge in [0.25, 0.3) is 0 Å². The summed E-state index contributed by atoms with van der Waals surface area (Å²) in [5.41, 5.74) is 0.553. The fourth-order valence-electron chi connectivity index (χ4n) is 3.09. The molecule has 2 rings (SSSR count). The minimum Gasteiger partial charge on any atom is -0.308 e. The summed E-state index contributed by atoms with van der Waals surface area (Å²) in [5, 5.41) is 3.85. The average molecular weight is 167 g/mol. The maximum absolute atomic E-state index is 3.85. The van der Waals surface area contributed by atoms with E-state index in [9.17, 15) is 0 Å². The quantitative estimate of drug-likeness (QED) is 0.667. The minimum atomic E-state index is 0.553. The van der Waals surface area contributed by atoms with Gasteiger partial charge >= 0.3 is 0 Å². The number of nitrogens with one attached hydrogen (secondary N) is 1. The van der Waals surface area contributed by atoms with Crippen LogP contribution in [0.25, 0.3) is 0 Å². The Morgan fingerprint density at radius 2 is 2.25 bits per heavy atom. The summed E-state index contributed by atoms with van der Waals surface area (Å²) in [5.74, 6) is 0.878.